The fourth-order valence-corrected chi connectivity index (χ4v) is 2.18. The van der Waals surface area contributed by atoms with E-state index in [-0.39, 0.29) is 6.61 Å². The van der Waals surface area contributed by atoms with Gasteiger partial charge in [-0.2, -0.15) is 5.10 Å². The predicted octanol–water partition coefficient (Wildman–Crippen LogP) is 3.03. The number of halogens is 1. The van der Waals surface area contributed by atoms with Crippen LogP contribution in [0.15, 0.2) is 24.3 Å². The van der Waals surface area contributed by atoms with Gasteiger partial charge in [0.1, 0.15) is 12.4 Å². The van der Waals surface area contributed by atoms with Crippen molar-refractivity contribution in [2.75, 3.05) is 0 Å². The molecule has 0 aliphatic carbocycles. The molecule has 1 aromatic heterocycles. The Morgan fingerprint density at radius 2 is 2.16 bits per heavy atom. The number of hydrogen-bond acceptors (Lipinski definition) is 3. The molecule has 1 aromatic carbocycles. The van der Waals surface area contributed by atoms with E-state index in [0.717, 1.165) is 24.1 Å². The monoisotopic (exact) mass is 278 g/mol. The number of carbonyl (C=O) groups excluding carboxylic acids is 1. The van der Waals surface area contributed by atoms with Gasteiger partial charge in [0.15, 0.2) is 6.29 Å². The van der Waals surface area contributed by atoms with E-state index in [2.05, 4.69) is 5.10 Å². The van der Waals surface area contributed by atoms with Crippen LogP contribution in [0.5, 0.6) is 5.75 Å². The summed E-state index contributed by atoms with van der Waals surface area (Å²) in [6.45, 7) is 2.29. The summed E-state index contributed by atoms with van der Waals surface area (Å²) in [6, 6.07) is 7.09. The number of para-hydroxylation sites is 1. The van der Waals surface area contributed by atoms with Crippen LogP contribution in [0.3, 0.4) is 0 Å². The van der Waals surface area contributed by atoms with Crippen molar-refractivity contribution in [1.82, 2.24) is 9.78 Å². The van der Waals surface area contributed by atoms with E-state index >= 15 is 0 Å². The molecule has 0 unspecified atom stereocenters. The van der Waals surface area contributed by atoms with Crippen molar-refractivity contribution in [3.8, 4) is 5.75 Å². The van der Waals surface area contributed by atoms with Crippen LogP contribution >= 0.6 is 11.6 Å². The molecule has 0 fully saturated rings. The molecular weight excluding hydrogens is 264 g/mol. The highest BCUT2D eigenvalue weighted by Crippen LogP contribution is 2.23. The highest BCUT2D eigenvalue weighted by atomic mass is 35.5. The summed E-state index contributed by atoms with van der Waals surface area (Å²) in [5, 5.41) is 4.95. The summed E-state index contributed by atoms with van der Waals surface area (Å²) in [4.78, 5) is 10.9. The van der Waals surface area contributed by atoms with E-state index in [4.69, 9.17) is 16.3 Å². The molecule has 0 saturated carbocycles. The summed E-state index contributed by atoms with van der Waals surface area (Å²) < 4.78 is 7.37. The van der Waals surface area contributed by atoms with Crippen molar-refractivity contribution >= 4 is 17.9 Å². The lowest BCUT2D eigenvalue weighted by Crippen LogP contribution is -2.04. The maximum absolute atomic E-state index is 10.9. The van der Waals surface area contributed by atoms with E-state index < -0.39 is 0 Å². The van der Waals surface area contributed by atoms with Crippen LogP contribution in [-0.4, -0.2) is 16.1 Å². The number of benzene rings is 1. The zero-order chi connectivity index (χ0) is 13.8. The number of ether oxygens (including phenoxy) is 1. The average molecular weight is 279 g/mol. The molecule has 2 rings (SSSR count). The van der Waals surface area contributed by atoms with Crippen molar-refractivity contribution < 1.29 is 9.53 Å². The van der Waals surface area contributed by atoms with Crippen molar-refractivity contribution in [1.29, 1.82) is 0 Å². The quantitative estimate of drug-likeness (QED) is 0.790. The standard InChI is InChI=1S/C14H15ClN2O2/c1-3-11-14(15)12(17(2)16-11)9-19-13-7-5-4-6-10(13)8-18/h4-8H,3,9H2,1-2H3. The summed E-state index contributed by atoms with van der Waals surface area (Å²) in [7, 11) is 1.83. The van der Waals surface area contributed by atoms with Gasteiger partial charge in [-0.3, -0.25) is 9.48 Å². The Kier molecular flexibility index (Phi) is 4.22. The second-order valence-corrected chi connectivity index (χ2v) is 4.51. The zero-order valence-corrected chi connectivity index (χ0v) is 11.6. The molecule has 4 nitrogen and oxygen atoms in total. The molecule has 0 radical (unpaired) electrons. The molecule has 0 saturated heterocycles. The highest BCUT2D eigenvalue weighted by Gasteiger charge is 2.14. The minimum Gasteiger partial charge on any atom is -0.487 e. The summed E-state index contributed by atoms with van der Waals surface area (Å²) in [5.41, 5.74) is 2.18. The van der Waals surface area contributed by atoms with Gasteiger partial charge in [-0.05, 0) is 18.6 Å². The van der Waals surface area contributed by atoms with Crippen molar-refractivity contribution in [3.63, 3.8) is 0 Å². The Labute approximate surface area is 116 Å². The number of carbonyl (C=O) groups is 1. The predicted molar refractivity (Wildman–Crippen MR) is 73.8 cm³/mol. The first-order valence-electron chi connectivity index (χ1n) is 6.04. The fraction of sp³-hybridized carbons (Fsp3) is 0.286. The minimum atomic E-state index is 0.285. The van der Waals surface area contributed by atoms with Crippen molar-refractivity contribution in [3.05, 3.63) is 46.2 Å². The van der Waals surface area contributed by atoms with Gasteiger partial charge in [0.25, 0.3) is 0 Å². The Morgan fingerprint density at radius 3 is 2.79 bits per heavy atom. The third-order valence-electron chi connectivity index (χ3n) is 2.91. The van der Waals surface area contributed by atoms with Gasteiger partial charge in [0.2, 0.25) is 0 Å². The third kappa shape index (κ3) is 2.79. The zero-order valence-electron chi connectivity index (χ0n) is 10.9. The van der Waals surface area contributed by atoms with Gasteiger partial charge in [-0.1, -0.05) is 30.7 Å². The van der Waals surface area contributed by atoms with E-state index in [1.807, 2.05) is 20.0 Å². The second kappa shape index (κ2) is 5.89. The van der Waals surface area contributed by atoms with E-state index in [1.54, 1.807) is 22.9 Å². The van der Waals surface area contributed by atoms with Gasteiger partial charge in [0, 0.05) is 7.05 Å². The van der Waals surface area contributed by atoms with Crippen molar-refractivity contribution in [2.24, 2.45) is 7.05 Å². The molecule has 2 aromatic rings. The van der Waals surface area contributed by atoms with Crippen LogP contribution < -0.4 is 4.74 Å². The number of nitrogens with zero attached hydrogens (tertiary/aromatic N) is 2. The normalized spacial score (nSPS) is 10.5. The Morgan fingerprint density at radius 1 is 1.42 bits per heavy atom. The molecule has 0 aliphatic rings. The molecule has 1 heterocycles. The number of aldehydes is 1. The molecule has 0 N–H and O–H groups in total. The SMILES string of the molecule is CCc1nn(C)c(COc2ccccc2C=O)c1Cl. The smallest absolute Gasteiger partial charge is 0.153 e. The lowest BCUT2D eigenvalue weighted by Gasteiger charge is -2.08. The van der Waals surface area contributed by atoms with E-state index in [1.165, 1.54) is 0 Å². The fourth-order valence-electron chi connectivity index (χ4n) is 1.83. The van der Waals surface area contributed by atoms with Crippen LogP contribution in [0.4, 0.5) is 0 Å². The Bertz CT molecular complexity index is 593. The average Bonchev–Trinajstić information content (AvgIpc) is 2.71. The minimum absolute atomic E-state index is 0.285. The van der Waals surface area contributed by atoms with Gasteiger partial charge < -0.3 is 4.74 Å². The summed E-state index contributed by atoms with van der Waals surface area (Å²) >= 11 is 6.24. The number of rotatable bonds is 5. The molecule has 0 amide bonds. The van der Waals surface area contributed by atoms with Gasteiger partial charge in [-0.25, -0.2) is 0 Å². The van der Waals surface area contributed by atoms with E-state index in [0.29, 0.717) is 16.3 Å². The molecule has 100 valence electrons. The molecule has 5 heteroatoms. The molecule has 19 heavy (non-hydrogen) atoms. The lowest BCUT2D eigenvalue weighted by molar-refractivity contribution is 0.111. The molecule has 0 atom stereocenters. The maximum Gasteiger partial charge on any atom is 0.153 e. The van der Waals surface area contributed by atoms with Crippen LogP contribution in [0, 0.1) is 0 Å². The first kappa shape index (κ1) is 13.6. The van der Waals surface area contributed by atoms with Gasteiger partial charge in [-0.15, -0.1) is 0 Å². The lowest BCUT2D eigenvalue weighted by atomic mass is 10.2. The second-order valence-electron chi connectivity index (χ2n) is 4.13. The summed E-state index contributed by atoms with van der Waals surface area (Å²) in [5.74, 6) is 0.549. The van der Waals surface area contributed by atoms with Crippen LogP contribution in [-0.2, 0) is 20.1 Å². The van der Waals surface area contributed by atoms with Crippen LogP contribution in [0.1, 0.15) is 28.7 Å². The first-order valence-corrected chi connectivity index (χ1v) is 6.42. The maximum atomic E-state index is 10.9. The third-order valence-corrected chi connectivity index (χ3v) is 3.35. The van der Waals surface area contributed by atoms with E-state index in [9.17, 15) is 4.79 Å². The molecule has 0 bridgehead atoms. The van der Waals surface area contributed by atoms with Crippen LogP contribution in [0.2, 0.25) is 5.02 Å². The van der Waals surface area contributed by atoms with Gasteiger partial charge >= 0.3 is 0 Å². The largest absolute Gasteiger partial charge is 0.487 e. The Hall–Kier alpha value is -1.81. The topological polar surface area (TPSA) is 44.1 Å². The Balaban J connectivity index is 2.19. The summed E-state index contributed by atoms with van der Waals surface area (Å²) in [6.07, 6.45) is 1.55. The van der Waals surface area contributed by atoms with Crippen molar-refractivity contribution in [2.45, 2.75) is 20.0 Å². The molecule has 0 aliphatic heterocycles. The van der Waals surface area contributed by atoms with Gasteiger partial charge in [0.05, 0.1) is 22.0 Å². The highest BCUT2D eigenvalue weighted by molar-refractivity contribution is 6.31. The first-order chi connectivity index (χ1) is 9.17. The number of hydrogen-bond donors (Lipinski definition) is 0. The van der Waals surface area contributed by atoms with Crippen LogP contribution in [0.25, 0.3) is 0 Å². The number of aromatic nitrogens is 2. The molecule has 0 spiro atoms. The number of aryl methyl sites for hydroxylation is 2. The molecular formula is C14H15ClN2O2.